The minimum absolute atomic E-state index is 0.143. The van der Waals surface area contributed by atoms with E-state index in [9.17, 15) is 4.79 Å². The van der Waals surface area contributed by atoms with Crippen LogP contribution in [-0.2, 0) is 11.3 Å². The molecule has 3 aromatic heterocycles. The summed E-state index contributed by atoms with van der Waals surface area (Å²) >= 11 is 0. The van der Waals surface area contributed by atoms with Gasteiger partial charge in [-0.3, -0.25) is 4.79 Å². The molecule has 0 fully saturated rings. The van der Waals surface area contributed by atoms with E-state index in [1.807, 2.05) is 26.0 Å². The number of methoxy groups -OCH3 is 1. The molecule has 0 N–H and O–H groups in total. The van der Waals surface area contributed by atoms with Gasteiger partial charge in [0.2, 0.25) is 0 Å². The predicted octanol–water partition coefficient (Wildman–Crippen LogP) is 2.23. The fourth-order valence-corrected chi connectivity index (χ4v) is 2.64. The highest BCUT2D eigenvalue weighted by molar-refractivity contribution is 5.99. The Morgan fingerprint density at radius 1 is 1.42 bits per heavy atom. The maximum absolute atomic E-state index is 13.0. The van der Waals surface area contributed by atoms with Crippen LogP contribution < -0.4 is 0 Å². The average Bonchev–Trinajstić information content (AvgIpc) is 3.20. The summed E-state index contributed by atoms with van der Waals surface area (Å²) in [7, 11) is 1.61. The van der Waals surface area contributed by atoms with E-state index in [-0.39, 0.29) is 5.91 Å². The molecule has 7 nitrogen and oxygen atoms in total. The fourth-order valence-electron chi connectivity index (χ4n) is 2.64. The smallest absolute Gasteiger partial charge is 0.259 e. The molecule has 3 rings (SSSR count). The molecule has 0 aromatic carbocycles. The molecule has 24 heavy (non-hydrogen) atoms. The molecule has 0 radical (unpaired) electrons. The minimum Gasteiger partial charge on any atom is -0.467 e. The zero-order chi connectivity index (χ0) is 17.1. The summed E-state index contributed by atoms with van der Waals surface area (Å²) in [5.41, 5.74) is 2.83. The van der Waals surface area contributed by atoms with Crippen molar-refractivity contribution in [2.24, 2.45) is 0 Å². The predicted molar refractivity (Wildman–Crippen MR) is 87.8 cm³/mol. The lowest BCUT2D eigenvalue weighted by atomic mass is 10.2. The Morgan fingerprint density at radius 3 is 2.96 bits per heavy atom. The molecule has 0 atom stereocenters. The Balaban J connectivity index is 1.94. The lowest BCUT2D eigenvalue weighted by Crippen LogP contribution is -2.33. The largest absolute Gasteiger partial charge is 0.467 e. The third-order valence-corrected chi connectivity index (χ3v) is 3.79. The van der Waals surface area contributed by atoms with E-state index >= 15 is 0 Å². The molecule has 0 saturated carbocycles. The number of hydrogen-bond acceptors (Lipinski definition) is 5. The molecular formula is C17H20N4O3. The standard InChI is InChI=1S/C17H20N4O3/c1-12-9-13(2)21-16(19-12)15(10-18-21)17(22)20(6-8-23-3)11-14-5-4-7-24-14/h4-5,7,9-10H,6,8,11H2,1-3H3. The van der Waals surface area contributed by atoms with Crippen LogP contribution in [0.15, 0.2) is 35.1 Å². The number of amides is 1. The van der Waals surface area contributed by atoms with Gasteiger partial charge in [-0.25, -0.2) is 9.50 Å². The molecular weight excluding hydrogens is 308 g/mol. The van der Waals surface area contributed by atoms with E-state index in [1.54, 1.807) is 35.1 Å². The van der Waals surface area contributed by atoms with Gasteiger partial charge in [0.25, 0.3) is 5.91 Å². The van der Waals surface area contributed by atoms with Gasteiger partial charge in [0, 0.05) is 25.0 Å². The van der Waals surface area contributed by atoms with Gasteiger partial charge in [-0.15, -0.1) is 0 Å². The Hall–Kier alpha value is -2.67. The van der Waals surface area contributed by atoms with Crippen molar-refractivity contribution >= 4 is 11.6 Å². The van der Waals surface area contributed by atoms with Gasteiger partial charge in [0.15, 0.2) is 5.65 Å². The third-order valence-electron chi connectivity index (χ3n) is 3.79. The van der Waals surface area contributed by atoms with Gasteiger partial charge in [-0.2, -0.15) is 5.10 Å². The van der Waals surface area contributed by atoms with E-state index in [1.165, 1.54) is 0 Å². The quantitative estimate of drug-likeness (QED) is 0.694. The van der Waals surface area contributed by atoms with Crippen LogP contribution in [0.2, 0.25) is 0 Å². The summed E-state index contributed by atoms with van der Waals surface area (Å²) in [6.45, 7) is 5.11. The van der Waals surface area contributed by atoms with Gasteiger partial charge in [0.05, 0.1) is 25.6 Å². The first-order valence-electron chi connectivity index (χ1n) is 7.72. The number of carbonyl (C=O) groups excluding carboxylic acids is 1. The van der Waals surface area contributed by atoms with Crippen molar-refractivity contribution in [1.82, 2.24) is 19.5 Å². The number of aryl methyl sites for hydroxylation is 2. The van der Waals surface area contributed by atoms with E-state index in [0.717, 1.165) is 17.1 Å². The Bertz CT molecular complexity index is 839. The molecule has 0 spiro atoms. The fraction of sp³-hybridized carbons (Fsp3) is 0.353. The van der Waals surface area contributed by atoms with E-state index in [2.05, 4.69) is 10.1 Å². The molecule has 0 unspecified atom stereocenters. The highest BCUT2D eigenvalue weighted by Crippen LogP contribution is 2.16. The van der Waals surface area contributed by atoms with Crippen molar-refractivity contribution in [3.05, 3.63) is 53.4 Å². The van der Waals surface area contributed by atoms with Crippen LogP contribution in [0.1, 0.15) is 27.5 Å². The van der Waals surface area contributed by atoms with E-state index < -0.39 is 0 Å². The molecule has 0 bridgehead atoms. The second kappa shape index (κ2) is 6.84. The van der Waals surface area contributed by atoms with E-state index in [0.29, 0.717) is 30.9 Å². The second-order valence-electron chi connectivity index (χ2n) is 5.63. The van der Waals surface area contributed by atoms with Crippen molar-refractivity contribution in [2.45, 2.75) is 20.4 Å². The van der Waals surface area contributed by atoms with Crippen LogP contribution in [0, 0.1) is 13.8 Å². The molecule has 126 valence electrons. The molecule has 0 aliphatic rings. The van der Waals surface area contributed by atoms with Crippen LogP contribution >= 0.6 is 0 Å². The number of furan rings is 1. The normalized spacial score (nSPS) is 11.1. The van der Waals surface area contributed by atoms with E-state index in [4.69, 9.17) is 9.15 Å². The van der Waals surface area contributed by atoms with Crippen molar-refractivity contribution in [3.63, 3.8) is 0 Å². The van der Waals surface area contributed by atoms with Crippen LogP contribution in [0.25, 0.3) is 5.65 Å². The second-order valence-corrected chi connectivity index (χ2v) is 5.63. The number of aromatic nitrogens is 3. The van der Waals surface area contributed by atoms with Crippen LogP contribution in [0.5, 0.6) is 0 Å². The number of hydrogen-bond donors (Lipinski definition) is 0. The van der Waals surface area contributed by atoms with Crippen molar-refractivity contribution in [1.29, 1.82) is 0 Å². The number of nitrogens with zero attached hydrogens (tertiary/aromatic N) is 4. The highest BCUT2D eigenvalue weighted by atomic mass is 16.5. The Kier molecular flexibility index (Phi) is 4.61. The zero-order valence-electron chi connectivity index (χ0n) is 14.0. The summed E-state index contributed by atoms with van der Waals surface area (Å²) in [6.07, 6.45) is 3.16. The molecule has 0 saturated heterocycles. The summed E-state index contributed by atoms with van der Waals surface area (Å²) in [5.74, 6) is 0.576. The maximum Gasteiger partial charge on any atom is 0.259 e. The lowest BCUT2D eigenvalue weighted by molar-refractivity contribution is 0.0668. The molecule has 0 aliphatic heterocycles. The van der Waals surface area contributed by atoms with Crippen LogP contribution in [0.4, 0.5) is 0 Å². The lowest BCUT2D eigenvalue weighted by Gasteiger charge is -2.20. The van der Waals surface area contributed by atoms with Gasteiger partial charge < -0.3 is 14.1 Å². The Morgan fingerprint density at radius 2 is 2.25 bits per heavy atom. The summed E-state index contributed by atoms with van der Waals surface area (Å²) in [5, 5.41) is 4.29. The van der Waals surface area contributed by atoms with Gasteiger partial charge in [-0.05, 0) is 32.0 Å². The van der Waals surface area contributed by atoms with Crippen molar-refractivity contribution < 1.29 is 13.9 Å². The zero-order valence-corrected chi connectivity index (χ0v) is 14.0. The first-order valence-corrected chi connectivity index (χ1v) is 7.72. The molecule has 0 aliphatic carbocycles. The van der Waals surface area contributed by atoms with Crippen molar-refractivity contribution in [3.8, 4) is 0 Å². The average molecular weight is 328 g/mol. The summed E-state index contributed by atoms with van der Waals surface area (Å²) in [6, 6.07) is 5.58. The first-order chi connectivity index (χ1) is 11.6. The highest BCUT2D eigenvalue weighted by Gasteiger charge is 2.22. The van der Waals surface area contributed by atoms with Crippen molar-refractivity contribution in [2.75, 3.05) is 20.3 Å². The molecule has 7 heteroatoms. The number of rotatable bonds is 6. The molecule has 1 amide bonds. The van der Waals surface area contributed by atoms with Gasteiger partial charge in [0.1, 0.15) is 11.3 Å². The number of carbonyl (C=O) groups is 1. The summed E-state index contributed by atoms with van der Waals surface area (Å²) < 4.78 is 12.2. The minimum atomic E-state index is -0.143. The molecule has 3 heterocycles. The van der Waals surface area contributed by atoms with Crippen LogP contribution in [0.3, 0.4) is 0 Å². The monoisotopic (exact) mass is 328 g/mol. The maximum atomic E-state index is 13.0. The summed E-state index contributed by atoms with van der Waals surface area (Å²) in [4.78, 5) is 19.2. The van der Waals surface area contributed by atoms with Gasteiger partial charge in [-0.1, -0.05) is 0 Å². The van der Waals surface area contributed by atoms with Crippen LogP contribution in [-0.4, -0.2) is 45.7 Å². The third kappa shape index (κ3) is 3.16. The first kappa shape index (κ1) is 16.2. The van der Waals surface area contributed by atoms with Gasteiger partial charge >= 0.3 is 0 Å². The molecule has 3 aromatic rings. The topological polar surface area (TPSA) is 72.9 Å². The number of fused-ring (bicyclic) bond motifs is 1. The number of ether oxygens (including phenoxy) is 1. The Labute approximate surface area is 139 Å². The SMILES string of the molecule is COCCN(Cc1ccco1)C(=O)c1cnn2c(C)cc(C)nc12.